The van der Waals surface area contributed by atoms with E-state index < -0.39 is 0 Å². The van der Waals surface area contributed by atoms with E-state index in [1.165, 1.54) is 12.8 Å². The van der Waals surface area contributed by atoms with E-state index in [0.29, 0.717) is 19.3 Å². The molecule has 0 saturated heterocycles. The lowest BCUT2D eigenvalue weighted by Crippen LogP contribution is -2.21. The highest BCUT2D eigenvalue weighted by Crippen LogP contribution is 2.38. The van der Waals surface area contributed by atoms with E-state index >= 15 is 0 Å². The predicted octanol–water partition coefficient (Wildman–Crippen LogP) is 4.08. The average Bonchev–Trinajstić information content (AvgIpc) is 3.23. The van der Waals surface area contributed by atoms with Gasteiger partial charge in [-0.3, -0.25) is 0 Å². The number of hydrogen-bond acceptors (Lipinski definition) is 3. The van der Waals surface area contributed by atoms with Gasteiger partial charge in [0.2, 0.25) is 0 Å². The molecule has 0 aliphatic heterocycles. The van der Waals surface area contributed by atoms with Crippen LogP contribution >= 0.6 is 0 Å². The van der Waals surface area contributed by atoms with E-state index in [0.717, 1.165) is 29.5 Å². The fourth-order valence-electron chi connectivity index (χ4n) is 2.41. The Labute approximate surface area is 116 Å². The number of benzene rings is 1. The zero-order valence-electron chi connectivity index (χ0n) is 12.2. The molecule has 0 radical (unpaired) electrons. The van der Waals surface area contributed by atoms with Crippen LogP contribution in [0.15, 0.2) is 18.2 Å². The Balaban J connectivity index is 2.15. The molecule has 0 aromatic heterocycles. The molecule has 1 fully saturated rings. The molecule has 1 N–H and O–H groups in total. The van der Waals surface area contributed by atoms with Crippen molar-refractivity contribution in [1.29, 1.82) is 0 Å². The van der Waals surface area contributed by atoms with Gasteiger partial charge in [-0.1, -0.05) is 6.92 Å². The van der Waals surface area contributed by atoms with Crippen LogP contribution in [0.2, 0.25) is 0 Å². The second-order valence-corrected chi connectivity index (χ2v) is 5.02. The first-order valence-corrected chi connectivity index (χ1v) is 7.44. The highest BCUT2D eigenvalue weighted by atomic mass is 16.5. The van der Waals surface area contributed by atoms with Crippen molar-refractivity contribution < 1.29 is 9.47 Å². The Hall–Kier alpha value is -1.38. The third-order valence-electron chi connectivity index (χ3n) is 3.53. The van der Waals surface area contributed by atoms with Crippen LogP contribution < -0.4 is 14.8 Å². The molecule has 1 aromatic rings. The fraction of sp³-hybridized carbons (Fsp3) is 0.625. The maximum absolute atomic E-state index is 5.70. The molecule has 0 amide bonds. The van der Waals surface area contributed by atoms with Gasteiger partial charge in [-0.15, -0.1) is 0 Å². The monoisotopic (exact) mass is 263 g/mol. The van der Waals surface area contributed by atoms with Gasteiger partial charge in [0.25, 0.3) is 0 Å². The van der Waals surface area contributed by atoms with Crippen LogP contribution in [0, 0.1) is 5.92 Å². The average molecular weight is 263 g/mol. The van der Waals surface area contributed by atoms with Gasteiger partial charge >= 0.3 is 0 Å². The topological polar surface area (TPSA) is 30.5 Å². The van der Waals surface area contributed by atoms with Gasteiger partial charge in [-0.2, -0.15) is 0 Å². The third-order valence-corrected chi connectivity index (χ3v) is 3.53. The van der Waals surface area contributed by atoms with Crippen LogP contribution in [-0.4, -0.2) is 19.3 Å². The molecule has 1 aliphatic carbocycles. The highest BCUT2D eigenvalue weighted by Gasteiger charge is 2.30. The SMILES string of the molecule is CCOc1ccc(OCC)c(NC(CC)C2CC2)c1. The number of hydrogen-bond donors (Lipinski definition) is 1. The second-order valence-electron chi connectivity index (χ2n) is 5.02. The lowest BCUT2D eigenvalue weighted by atomic mass is 10.1. The Morgan fingerprint density at radius 1 is 1.16 bits per heavy atom. The quantitative estimate of drug-likeness (QED) is 0.766. The lowest BCUT2D eigenvalue weighted by molar-refractivity contribution is 0.331. The zero-order chi connectivity index (χ0) is 13.7. The van der Waals surface area contributed by atoms with E-state index in [1.807, 2.05) is 26.0 Å². The maximum atomic E-state index is 5.70. The minimum Gasteiger partial charge on any atom is -0.494 e. The van der Waals surface area contributed by atoms with E-state index in [2.05, 4.69) is 18.3 Å². The first kappa shape index (κ1) is 14.0. The summed E-state index contributed by atoms with van der Waals surface area (Å²) in [6.45, 7) is 7.62. The Morgan fingerprint density at radius 2 is 1.89 bits per heavy atom. The van der Waals surface area contributed by atoms with Gasteiger partial charge in [0.1, 0.15) is 11.5 Å². The molecular weight excluding hydrogens is 238 g/mol. The minimum absolute atomic E-state index is 0.552. The van der Waals surface area contributed by atoms with Crippen molar-refractivity contribution in [3.8, 4) is 11.5 Å². The molecule has 2 rings (SSSR count). The Morgan fingerprint density at radius 3 is 2.47 bits per heavy atom. The predicted molar refractivity (Wildman–Crippen MR) is 79.2 cm³/mol. The molecule has 1 unspecified atom stereocenters. The first-order valence-electron chi connectivity index (χ1n) is 7.44. The Bertz CT molecular complexity index is 402. The van der Waals surface area contributed by atoms with Gasteiger partial charge in [0.05, 0.1) is 18.9 Å². The summed E-state index contributed by atoms with van der Waals surface area (Å²) in [5, 5.41) is 3.64. The van der Waals surface area contributed by atoms with Crippen molar-refractivity contribution in [3.05, 3.63) is 18.2 Å². The molecule has 3 heteroatoms. The molecule has 0 heterocycles. The zero-order valence-corrected chi connectivity index (χ0v) is 12.2. The van der Waals surface area contributed by atoms with Gasteiger partial charge in [-0.25, -0.2) is 0 Å². The number of rotatable bonds is 8. The molecule has 1 atom stereocenters. The molecule has 1 aromatic carbocycles. The summed E-state index contributed by atoms with van der Waals surface area (Å²) in [5.41, 5.74) is 1.06. The van der Waals surface area contributed by atoms with Crippen molar-refractivity contribution >= 4 is 5.69 Å². The number of ether oxygens (including phenoxy) is 2. The summed E-state index contributed by atoms with van der Waals surface area (Å²) in [6.07, 6.45) is 3.84. The summed E-state index contributed by atoms with van der Waals surface area (Å²) in [4.78, 5) is 0. The van der Waals surface area contributed by atoms with E-state index in [9.17, 15) is 0 Å². The summed E-state index contributed by atoms with van der Waals surface area (Å²) < 4.78 is 11.3. The molecule has 3 nitrogen and oxygen atoms in total. The summed E-state index contributed by atoms with van der Waals surface area (Å²) >= 11 is 0. The molecule has 1 saturated carbocycles. The van der Waals surface area contributed by atoms with Gasteiger partial charge < -0.3 is 14.8 Å². The van der Waals surface area contributed by atoms with Crippen molar-refractivity contribution in [2.75, 3.05) is 18.5 Å². The van der Waals surface area contributed by atoms with Gasteiger partial charge in [-0.05, 0) is 51.2 Å². The van der Waals surface area contributed by atoms with Crippen molar-refractivity contribution in [2.24, 2.45) is 5.92 Å². The van der Waals surface area contributed by atoms with Crippen molar-refractivity contribution in [3.63, 3.8) is 0 Å². The van der Waals surface area contributed by atoms with Crippen LogP contribution in [0.1, 0.15) is 40.0 Å². The standard InChI is InChI=1S/C16H25NO2/c1-4-14(12-7-8-12)17-15-11-13(18-5-2)9-10-16(15)19-6-3/h9-12,14,17H,4-8H2,1-3H3. The fourth-order valence-corrected chi connectivity index (χ4v) is 2.41. The minimum atomic E-state index is 0.552. The van der Waals surface area contributed by atoms with E-state index in [1.54, 1.807) is 0 Å². The van der Waals surface area contributed by atoms with Crippen molar-refractivity contribution in [2.45, 2.75) is 46.1 Å². The van der Waals surface area contributed by atoms with Crippen LogP contribution in [-0.2, 0) is 0 Å². The molecule has 19 heavy (non-hydrogen) atoms. The normalized spacial score (nSPS) is 15.9. The molecule has 0 spiro atoms. The summed E-state index contributed by atoms with van der Waals surface area (Å²) in [5.74, 6) is 2.65. The van der Waals surface area contributed by atoms with Crippen molar-refractivity contribution in [1.82, 2.24) is 0 Å². The maximum Gasteiger partial charge on any atom is 0.142 e. The largest absolute Gasteiger partial charge is 0.494 e. The Kier molecular flexibility index (Phi) is 4.94. The lowest BCUT2D eigenvalue weighted by Gasteiger charge is -2.20. The van der Waals surface area contributed by atoms with Crippen LogP contribution in [0.4, 0.5) is 5.69 Å². The van der Waals surface area contributed by atoms with Gasteiger partial charge in [0.15, 0.2) is 0 Å². The smallest absolute Gasteiger partial charge is 0.142 e. The molecule has 1 aliphatic rings. The van der Waals surface area contributed by atoms with Crippen LogP contribution in [0.3, 0.4) is 0 Å². The molecule has 106 valence electrons. The molecular formula is C16H25NO2. The highest BCUT2D eigenvalue weighted by molar-refractivity contribution is 5.60. The first-order chi connectivity index (χ1) is 9.28. The number of nitrogens with one attached hydrogen (secondary N) is 1. The summed E-state index contributed by atoms with van der Waals surface area (Å²) in [7, 11) is 0. The summed E-state index contributed by atoms with van der Waals surface area (Å²) in [6, 6.07) is 6.57. The van der Waals surface area contributed by atoms with Crippen LogP contribution in [0.25, 0.3) is 0 Å². The van der Waals surface area contributed by atoms with Crippen LogP contribution in [0.5, 0.6) is 11.5 Å². The van der Waals surface area contributed by atoms with E-state index in [4.69, 9.17) is 9.47 Å². The van der Waals surface area contributed by atoms with Gasteiger partial charge in [0, 0.05) is 12.1 Å². The second kappa shape index (κ2) is 6.69. The van der Waals surface area contributed by atoms with E-state index in [-0.39, 0.29) is 0 Å². The molecule has 0 bridgehead atoms. The third kappa shape index (κ3) is 3.79. The number of anilines is 1.